The Bertz CT molecular complexity index is 1810. The second-order valence-corrected chi connectivity index (χ2v) is 8.66. The van der Waals surface area contributed by atoms with Crippen LogP contribution in [0.1, 0.15) is 54.4 Å². The van der Waals surface area contributed by atoms with E-state index in [-0.39, 0.29) is 40.8 Å². The summed E-state index contributed by atoms with van der Waals surface area (Å²) >= 11 is 0. The summed E-state index contributed by atoms with van der Waals surface area (Å²) in [4.78, 5) is 61.9. The summed E-state index contributed by atoms with van der Waals surface area (Å²) in [6.07, 6.45) is 0. The summed E-state index contributed by atoms with van der Waals surface area (Å²) < 4.78 is 6.55. The number of nitrogens with zero attached hydrogens (tertiary/aromatic N) is 5. The van der Waals surface area contributed by atoms with Crippen LogP contribution in [0.25, 0.3) is 16.9 Å². The molecule has 15 heteroatoms. The van der Waals surface area contributed by atoms with Crippen molar-refractivity contribution >= 4 is 46.5 Å². The van der Waals surface area contributed by atoms with E-state index >= 15 is 0 Å². The molecule has 3 amide bonds. The number of nitrogen functional groups attached to an aromatic ring is 1. The molecular formula is C25H21N9O6. The van der Waals surface area contributed by atoms with Crippen molar-refractivity contribution in [2.45, 2.75) is 19.5 Å². The molecule has 5 rings (SSSR count). The van der Waals surface area contributed by atoms with Gasteiger partial charge in [0.05, 0.1) is 5.56 Å². The van der Waals surface area contributed by atoms with E-state index < -0.39 is 29.7 Å². The van der Waals surface area contributed by atoms with E-state index in [2.05, 4.69) is 30.7 Å². The highest BCUT2D eigenvalue weighted by atomic mass is 16.4. The van der Waals surface area contributed by atoms with Crippen molar-refractivity contribution in [1.82, 2.24) is 35.2 Å². The average Bonchev–Trinajstić information content (AvgIpc) is 3.49. The zero-order valence-corrected chi connectivity index (χ0v) is 20.8. The van der Waals surface area contributed by atoms with Crippen LogP contribution in [0, 0.1) is 6.92 Å². The number of nitrogens with two attached hydrogens (primary N) is 2. The van der Waals surface area contributed by atoms with Gasteiger partial charge in [0.15, 0.2) is 11.5 Å². The predicted molar refractivity (Wildman–Crippen MR) is 138 cm³/mol. The Morgan fingerprint density at radius 2 is 1.77 bits per heavy atom. The first-order valence-corrected chi connectivity index (χ1v) is 11.7. The molecule has 3 aromatic heterocycles. The Morgan fingerprint density at radius 1 is 1.02 bits per heavy atom. The van der Waals surface area contributed by atoms with Crippen molar-refractivity contribution in [2.75, 3.05) is 5.73 Å². The van der Waals surface area contributed by atoms with E-state index in [1.165, 1.54) is 30.3 Å². The third kappa shape index (κ3) is 5.10. The van der Waals surface area contributed by atoms with E-state index in [0.717, 1.165) is 10.1 Å². The maximum absolute atomic E-state index is 13.2. The van der Waals surface area contributed by atoms with Gasteiger partial charge in [0.2, 0.25) is 11.9 Å². The lowest BCUT2D eigenvalue weighted by Crippen LogP contribution is -2.38. The third-order valence-corrected chi connectivity index (χ3v) is 5.86. The van der Waals surface area contributed by atoms with E-state index in [1.54, 1.807) is 25.1 Å². The molecular weight excluding hydrogens is 522 g/mol. The highest BCUT2D eigenvalue weighted by molar-refractivity contribution is 6.00. The second-order valence-electron chi connectivity index (χ2n) is 8.66. The van der Waals surface area contributed by atoms with Crippen LogP contribution in [0.5, 0.6) is 0 Å². The molecule has 0 aliphatic heterocycles. The number of primary amides is 1. The molecule has 202 valence electrons. The third-order valence-electron chi connectivity index (χ3n) is 5.86. The number of aryl methyl sites for hydroxylation is 1. The van der Waals surface area contributed by atoms with Gasteiger partial charge < -0.3 is 31.6 Å². The number of aromatic carboxylic acids is 1. The number of fused-ring (bicyclic) bond motifs is 2. The van der Waals surface area contributed by atoms with Gasteiger partial charge in [-0.05, 0) is 35.4 Å². The summed E-state index contributed by atoms with van der Waals surface area (Å²) in [6.45, 7) is 1.85. The number of oxazole rings is 1. The van der Waals surface area contributed by atoms with Crippen molar-refractivity contribution in [3.63, 3.8) is 0 Å². The highest BCUT2D eigenvalue weighted by Gasteiger charge is 2.25. The van der Waals surface area contributed by atoms with Gasteiger partial charge in [-0.1, -0.05) is 18.2 Å². The number of hydrogen-bond donors (Lipinski definition) is 5. The molecule has 0 saturated heterocycles. The number of carbonyl (C=O) groups excluding carboxylic acids is 3. The van der Waals surface area contributed by atoms with Crippen LogP contribution >= 0.6 is 0 Å². The minimum absolute atomic E-state index is 0.0125. The molecule has 40 heavy (non-hydrogen) atoms. The van der Waals surface area contributed by atoms with Crippen LogP contribution in [-0.2, 0) is 11.3 Å². The zero-order chi connectivity index (χ0) is 28.6. The minimum Gasteiger partial charge on any atom is -0.478 e. The Hall–Kier alpha value is -5.86. The van der Waals surface area contributed by atoms with Gasteiger partial charge in [-0.2, -0.15) is 9.50 Å². The molecule has 0 unspecified atom stereocenters. The largest absolute Gasteiger partial charge is 0.478 e. The summed E-state index contributed by atoms with van der Waals surface area (Å²) in [6, 6.07) is 10.4. The van der Waals surface area contributed by atoms with Gasteiger partial charge in [0.1, 0.15) is 22.9 Å². The number of hydrogen-bond acceptors (Lipinski definition) is 10. The maximum atomic E-state index is 13.2. The standard InChI is InChI=1S/C25H21N9O6/c1-11-29-15-8-12(2-7-18(15)40-11)10-28-22(37)17-9-16(30-25-32-24(27)33-34(17)25)21(36)31-19(20(26)35)13-3-5-14(6-4-13)23(38)39/h2-9,19H,10H2,1H3,(H2,26,35)(H2,27,33)(H,28,37)(H,31,36)(H,38,39)/t19-/m1/s1. The molecule has 0 spiro atoms. The van der Waals surface area contributed by atoms with Crippen molar-refractivity contribution in [3.8, 4) is 0 Å². The molecule has 0 fully saturated rings. The topological polar surface area (TPSA) is 234 Å². The van der Waals surface area contributed by atoms with Crippen molar-refractivity contribution in [3.05, 3.63) is 82.5 Å². The Labute approximate surface area is 224 Å². The molecule has 1 atom stereocenters. The Balaban J connectivity index is 1.40. The van der Waals surface area contributed by atoms with Gasteiger partial charge >= 0.3 is 5.97 Å². The first kappa shape index (κ1) is 25.8. The van der Waals surface area contributed by atoms with Gasteiger partial charge in [0, 0.05) is 19.5 Å². The number of aromatic nitrogens is 5. The average molecular weight is 544 g/mol. The van der Waals surface area contributed by atoms with Crippen LogP contribution in [0.3, 0.4) is 0 Å². The van der Waals surface area contributed by atoms with Crippen LogP contribution < -0.4 is 22.1 Å². The zero-order valence-electron chi connectivity index (χ0n) is 20.8. The fourth-order valence-corrected chi connectivity index (χ4v) is 3.98. The summed E-state index contributed by atoms with van der Waals surface area (Å²) in [5.41, 5.74) is 13.1. The number of carboxylic acids is 1. The fraction of sp³-hybridized carbons (Fsp3) is 0.120. The normalized spacial score (nSPS) is 11.8. The van der Waals surface area contributed by atoms with Crippen LogP contribution in [-0.4, -0.2) is 53.4 Å². The van der Waals surface area contributed by atoms with Crippen LogP contribution in [0.15, 0.2) is 52.9 Å². The highest BCUT2D eigenvalue weighted by Crippen LogP contribution is 2.18. The predicted octanol–water partition coefficient (Wildman–Crippen LogP) is 0.741. The maximum Gasteiger partial charge on any atom is 0.335 e. The van der Waals surface area contributed by atoms with E-state index in [0.29, 0.717) is 17.0 Å². The van der Waals surface area contributed by atoms with E-state index in [9.17, 15) is 19.2 Å². The van der Waals surface area contributed by atoms with E-state index in [1.807, 2.05) is 0 Å². The lowest BCUT2D eigenvalue weighted by atomic mass is 10.0. The smallest absolute Gasteiger partial charge is 0.335 e. The van der Waals surface area contributed by atoms with Gasteiger partial charge in [-0.25, -0.2) is 14.8 Å². The molecule has 2 aromatic carbocycles. The number of anilines is 1. The second kappa shape index (κ2) is 10.1. The number of carboxylic acid groups (broad SMARTS) is 1. The summed E-state index contributed by atoms with van der Waals surface area (Å²) in [7, 11) is 0. The fourth-order valence-electron chi connectivity index (χ4n) is 3.98. The molecule has 0 saturated carbocycles. The van der Waals surface area contributed by atoms with Crippen molar-refractivity contribution < 1.29 is 28.7 Å². The molecule has 0 aliphatic rings. The summed E-state index contributed by atoms with van der Waals surface area (Å²) in [5.74, 6) is -3.32. The SMILES string of the molecule is Cc1nc2cc(CNC(=O)c3cc(C(=O)N[C@@H](C(N)=O)c4ccc(C(=O)O)cc4)nc4nc(N)nn34)ccc2o1. The number of benzene rings is 2. The van der Waals surface area contributed by atoms with Crippen molar-refractivity contribution in [1.29, 1.82) is 0 Å². The van der Waals surface area contributed by atoms with Gasteiger partial charge in [-0.15, -0.1) is 5.10 Å². The summed E-state index contributed by atoms with van der Waals surface area (Å²) in [5, 5.41) is 18.3. The first-order valence-electron chi connectivity index (χ1n) is 11.7. The van der Waals surface area contributed by atoms with Gasteiger partial charge in [0.25, 0.3) is 17.6 Å². The number of nitrogens with one attached hydrogen (secondary N) is 2. The lowest BCUT2D eigenvalue weighted by molar-refractivity contribution is -0.120. The molecule has 15 nitrogen and oxygen atoms in total. The first-order chi connectivity index (χ1) is 19.1. The van der Waals surface area contributed by atoms with Crippen LogP contribution in [0.4, 0.5) is 5.95 Å². The van der Waals surface area contributed by atoms with Crippen molar-refractivity contribution in [2.24, 2.45) is 5.73 Å². The minimum atomic E-state index is -1.32. The van der Waals surface area contributed by atoms with E-state index in [4.69, 9.17) is 21.0 Å². The Kier molecular flexibility index (Phi) is 6.53. The molecule has 0 aliphatic carbocycles. The number of rotatable bonds is 8. The molecule has 3 heterocycles. The Morgan fingerprint density at radius 3 is 2.48 bits per heavy atom. The van der Waals surface area contributed by atoms with Crippen LogP contribution in [0.2, 0.25) is 0 Å². The lowest BCUT2D eigenvalue weighted by Gasteiger charge is -2.16. The molecule has 7 N–H and O–H groups in total. The van der Waals surface area contributed by atoms with Gasteiger partial charge in [-0.3, -0.25) is 14.4 Å². The quantitative estimate of drug-likeness (QED) is 0.183. The molecule has 5 aromatic rings. The molecule has 0 bridgehead atoms. The molecule has 0 radical (unpaired) electrons. The number of amides is 3. The number of carbonyl (C=O) groups is 4. The monoisotopic (exact) mass is 543 g/mol.